The molecule has 0 aliphatic heterocycles. The molecule has 2 aromatic heterocycles. The van der Waals surface area contributed by atoms with E-state index in [0.717, 1.165) is 62.5 Å². The summed E-state index contributed by atoms with van der Waals surface area (Å²) >= 11 is 0. The highest BCUT2D eigenvalue weighted by Gasteiger charge is 2.17. The maximum Gasteiger partial charge on any atom is 0.253 e. The molecule has 0 aliphatic rings. The first-order valence-electron chi connectivity index (χ1n) is 13.9. The first kappa shape index (κ1) is 29.5. The first-order chi connectivity index (χ1) is 18.5. The van der Waals surface area contributed by atoms with Crippen molar-refractivity contribution in [1.29, 1.82) is 0 Å². The second-order valence-electron chi connectivity index (χ2n) is 9.90. The zero-order valence-electron chi connectivity index (χ0n) is 23.3. The predicted octanol–water partition coefficient (Wildman–Crippen LogP) is 3.68. The van der Waals surface area contributed by atoms with Crippen molar-refractivity contribution in [1.82, 2.24) is 34.2 Å². The number of rotatable bonds is 18. The van der Waals surface area contributed by atoms with Crippen molar-refractivity contribution in [2.75, 3.05) is 39.3 Å². The fourth-order valence-corrected chi connectivity index (χ4v) is 4.75. The highest BCUT2D eigenvalue weighted by molar-refractivity contribution is 5.94. The molecule has 2 N–H and O–H groups in total. The second kappa shape index (κ2) is 16.1. The molecule has 0 aliphatic carbocycles. The van der Waals surface area contributed by atoms with Crippen LogP contribution in [0.3, 0.4) is 0 Å². The Morgan fingerprint density at radius 1 is 0.895 bits per heavy atom. The Morgan fingerprint density at radius 3 is 2.24 bits per heavy atom. The average Bonchev–Trinajstić information content (AvgIpc) is 3.58. The molecule has 0 saturated heterocycles. The van der Waals surface area contributed by atoms with E-state index in [1.807, 2.05) is 54.5 Å². The number of benzene rings is 1. The third-order valence-electron chi connectivity index (χ3n) is 6.71. The van der Waals surface area contributed by atoms with Crippen LogP contribution in [0.2, 0.25) is 0 Å². The van der Waals surface area contributed by atoms with Crippen LogP contribution in [0.5, 0.6) is 0 Å². The first-order valence-corrected chi connectivity index (χ1v) is 13.9. The number of aryl methyl sites for hydroxylation is 1. The number of nitrogens with one attached hydrogen (secondary N) is 1. The quantitative estimate of drug-likeness (QED) is 0.247. The number of aromatic amines is 1. The molecule has 0 radical (unpaired) electrons. The van der Waals surface area contributed by atoms with E-state index in [-0.39, 0.29) is 12.5 Å². The Hall–Kier alpha value is -3.01. The van der Waals surface area contributed by atoms with Gasteiger partial charge in [-0.3, -0.25) is 9.69 Å². The van der Waals surface area contributed by atoms with Gasteiger partial charge >= 0.3 is 0 Å². The molecule has 2 heterocycles. The molecular formula is C29H45N7O2. The van der Waals surface area contributed by atoms with Gasteiger partial charge in [-0.25, -0.2) is 9.97 Å². The van der Waals surface area contributed by atoms with E-state index in [0.29, 0.717) is 38.3 Å². The maximum atomic E-state index is 13.2. The van der Waals surface area contributed by atoms with Gasteiger partial charge in [0.1, 0.15) is 11.6 Å². The van der Waals surface area contributed by atoms with Gasteiger partial charge in [-0.1, -0.05) is 26.0 Å². The van der Waals surface area contributed by atoms with E-state index < -0.39 is 0 Å². The van der Waals surface area contributed by atoms with Gasteiger partial charge in [0.15, 0.2) is 0 Å². The molecule has 208 valence electrons. The molecule has 0 atom stereocenters. The lowest BCUT2D eigenvalue weighted by molar-refractivity contribution is 0.0717. The average molecular weight is 524 g/mol. The van der Waals surface area contributed by atoms with Crippen LogP contribution in [0.15, 0.2) is 49.1 Å². The van der Waals surface area contributed by atoms with Crippen LogP contribution in [0.1, 0.15) is 67.1 Å². The van der Waals surface area contributed by atoms with E-state index in [9.17, 15) is 9.90 Å². The number of aliphatic hydroxyl groups excluding tert-OH is 1. The van der Waals surface area contributed by atoms with Crippen molar-refractivity contribution in [3.63, 3.8) is 0 Å². The minimum atomic E-state index is -0.0312. The summed E-state index contributed by atoms with van der Waals surface area (Å²) in [5.41, 5.74) is 1.77. The van der Waals surface area contributed by atoms with E-state index >= 15 is 0 Å². The topological polar surface area (TPSA) is 93.5 Å². The fraction of sp³-hybridized carbons (Fsp3) is 0.552. The molecule has 0 fully saturated rings. The summed E-state index contributed by atoms with van der Waals surface area (Å²) in [7, 11) is 2.00. The largest absolute Gasteiger partial charge is 0.395 e. The number of amides is 1. The van der Waals surface area contributed by atoms with Crippen molar-refractivity contribution in [3.8, 4) is 0 Å². The van der Waals surface area contributed by atoms with E-state index in [1.54, 1.807) is 11.1 Å². The van der Waals surface area contributed by atoms with Crippen molar-refractivity contribution in [2.24, 2.45) is 7.05 Å². The van der Waals surface area contributed by atoms with Crippen molar-refractivity contribution < 1.29 is 9.90 Å². The number of hydrogen-bond acceptors (Lipinski definition) is 6. The Balaban J connectivity index is 1.58. The van der Waals surface area contributed by atoms with Crippen LogP contribution in [0, 0.1) is 0 Å². The zero-order chi connectivity index (χ0) is 27.2. The number of carbonyl (C=O) groups is 1. The van der Waals surface area contributed by atoms with Crippen LogP contribution in [0.25, 0.3) is 0 Å². The summed E-state index contributed by atoms with van der Waals surface area (Å²) in [6, 6.07) is 7.84. The second-order valence-corrected chi connectivity index (χ2v) is 9.90. The van der Waals surface area contributed by atoms with Gasteiger partial charge in [-0.15, -0.1) is 0 Å². The van der Waals surface area contributed by atoms with Crippen LogP contribution in [0.4, 0.5) is 0 Å². The normalized spacial score (nSPS) is 11.5. The van der Waals surface area contributed by atoms with E-state index in [4.69, 9.17) is 0 Å². The molecule has 9 nitrogen and oxygen atoms in total. The SMILES string of the molecule is CCCN(CCC)CCCCN(CCO)C(=O)c1ccc(CN(Cc2ncc[nH]2)Cc2nccn2C)cc1. The highest BCUT2D eigenvalue weighted by atomic mass is 16.3. The third kappa shape index (κ3) is 9.38. The zero-order valence-corrected chi connectivity index (χ0v) is 23.3. The number of nitrogens with zero attached hydrogens (tertiary/aromatic N) is 6. The molecule has 0 bridgehead atoms. The lowest BCUT2D eigenvalue weighted by atomic mass is 10.1. The van der Waals surface area contributed by atoms with Gasteiger partial charge in [0.25, 0.3) is 5.91 Å². The molecule has 0 unspecified atom stereocenters. The number of imidazole rings is 2. The van der Waals surface area contributed by atoms with E-state index in [1.165, 1.54) is 0 Å². The summed E-state index contributed by atoms with van der Waals surface area (Å²) in [6.07, 6.45) is 11.7. The van der Waals surface area contributed by atoms with Crippen LogP contribution < -0.4 is 0 Å². The smallest absolute Gasteiger partial charge is 0.253 e. The van der Waals surface area contributed by atoms with E-state index in [2.05, 4.69) is 38.6 Å². The Labute approximate surface area is 227 Å². The van der Waals surface area contributed by atoms with Gasteiger partial charge in [-0.2, -0.15) is 0 Å². The molecule has 9 heteroatoms. The van der Waals surface area contributed by atoms with Crippen molar-refractivity contribution in [2.45, 2.75) is 59.2 Å². The van der Waals surface area contributed by atoms with Crippen molar-refractivity contribution in [3.05, 3.63) is 71.8 Å². The number of carbonyl (C=O) groups excluding carboxylic acids is 1. The van der Waals surface area contributed by atoms with Crippen molar-refractivity contribution >= 4 is 5.91 Å². The third-order valence-corrected chi connectivity index (χ3v) is 6.71. The van der Waals surface area contributed by atoms with Crippen LogP contribution in [-0.2, 0) is 26.7 Å². The Kier molecular flexibility index (Phi) is 12.5. The summed E-state index contributed by atoms with van der Waals surface area (Å²) in [5, 5.41) is 9.57. The molecule has 1 aromatic carbocycles. The number of unbranched alkanes of at least 4 members (excludes halogenated alkanes) is 1. The van der Waals surface area contributed by atoms with Crippen LogP contribution in [-0.4, -0.2) is 84.6 Å². The number of H-pyrrole nitrogens is 1. The number of aromatic nitrogens is 4. The highest BCUT2D eigenvalue weighted by Crippen LogP contribution is 2.14. The summed E-state index contributed by atoms with van der Waals surface area (Å²) in [6.45, 7) is 10.8. The molecular weight excluding hydrogens is 478 g/mol. The fourth-order valence-electron chi connectivity index (χ4n) is 4.75. The van der Waals surface area contributed by atoms with Crippen LogP contribution >= 0.6 is 0 Å². The minimum absolute atomic E-state index is 0.0231. The molecule has 3 rings (SSSR count). The summed E-state index contributed by atoms with van der Waals surface area (Å²) < 4.78 is 2.03. The molecule has 0 saturated carbocycles. The Morgan fingerprint density at radius 2 is 1.63 bits per heavy atom. The minimum Gasteiger partial charge on any atom is -0.395 e. The summed E-state index contributed by atoms with van der Waals surface area (Å²) in [5.74, 6) is 1.86. The maximum absolute atomic E-state index is 13.2. The lowest BCUT2D eigenvalue weighted by Crippen LogP contribution is -2.35. The van der Waals surface area contributed by atoms with Gasteiger partial charge in [-0.05, 0) is 63.0 Å². The molecule has 38 heavy (non-hydrogen) atoms. The van der Waals surface area contributed by atoms with Gasteiger partial charge in [0.05, 0.1) is 19.7 Å². The molecule has 3 aromatic rings. The van der Waals surface area contributed by atoms with Gasteiger partial charge < -0.3 is 24.5 Å². The number of hydrogen-bond donors (Lipinski definition) is 2. The lowest BCUT2D eigenvalue weighted by Gasteiger charge is -2.24. The predicted molar refractivity (Wildman–Crippen MR) is 150 cm³/mol. The van der Waals surface area contributed by atoms with Gasteiger partial charge in [0.2, 0.25) is 0 Å². The van der Waals surface area contributed by atoms with Gasteiger partial charge in [0, 0.05) is 57.0 Å². The standard InChI is InChI=1S/C29H45N7O2/c1-4-15-34(16-5-2)17-6-7-18-36(20-21-37)29(38)26-10-8-25(9-11-26)22-35(23-27-30-12-13-31-27)24-28-32-14-19-33(28)3/h8-14,19,37H,4-7,15-18,20-24H2,1-3H3,(H,30,31). The number of aliphatic hydroxyl groups is 1. The summed E-state index contributed by atoms with van der Waals surface area (Å²) in [4.78, 5) is 31.8. The Bertz CT molecular complexity index is 1040. The molecule has 0 spiro atoms. The monoisotopic (exact) mass is 523 g/mol. The molecule has 1 amide bonds.